The number of rotatable bonds is 16. The lowest BCUT2D eigenvalue weighted by molar-refractivity contribution is -0.146. The normalized spacial score (nSPS) is 28.2. The van der Waals surface area contributed by atoms with Crippen LogP contribution in [0.4, 0.5) is 4.79 Å². The number of fused-ring (bicyclic) bond motifs is 1. The Morgan fingerprint density at radius 2 is 1.48 bits per heavy atom. The van der Waals surface area contributed by atoms with E-state index in [1.54, 1.807) is 4.90 Å². The lowest BCUT2D eigenvalue weighted by Gasteiger charge is -2.44. The summed E-state index contributed by atoms with van der Waals surface area (Å²) < 4.78 is 25.7. The highest BCUT2D eigenvalue weighted by Gasteiger charge is 2.70. The number of piperidine rings is 1. The largest absolute Gasteiger partial charge is 0.395 e. The number of hydrogen-bond donors (Lipinski definition) is 5. The number of aliphatic hydroxyl groups is 1. The van der Waals surface area contributed by atoms with Crippen LogP contribution in [0.3, 0.4) is 0 Å². The minimum Gasteiger partial charge on any atom is -0.395 e. The van der Waals surface area contributed by atoms with Crippen molar-refractivity contribution in [1.29, 1.82) is 0 Å². The van der Waals surface area contributed by atoms with Crippen molar-refractivity contribution in [3.8, 4) is 0 Å². The van der Waals surface area contributed by atoms with Gasteiger partial charge in [0.05, 0.1) is 28.7 Å². The van der Waals surface area contributed by atoms with Gasteiger partial charge in [-0.2, -0.15) is 0 Å². The summed E-state index contributed by atoms with van der Waals surface area (Å²) in [6.07, 6.45) is 12.4. The monoisotopic (exact) mass is 775 g/mol. The second-order valence-electron chi connectivity index (χ2n) is 19.3. The molecule has 5 saturated carbocycles. The quantitative estimate of drug-likeness (QED) is 0.147. The van der Waals surface area contributed by atoms with Crippen LogP contribution in [0, 0.1) is 28.6 Å². The second-order valence-corrected chi connectivity index (χ2v) is 22.0. The van der Waals surface area contributed by atoms with Crippen molar-refractivity contribution in [2.24, 2.45) is 28.6 Å². The van der Waals surface area contributed by atoms with Gasteiger partial charge in [0.2, 0.25) is 17.6 Å². The molecular formula is C40H65N5O8S. The van der Waals surface area contributed by atoms with E-state index in [0.29, 0.717) is 44.6 Å². The van der Waals surface area contributed by atoms with Crippen molar-refractivity contribution < 1.29 is 37.5 Å². The molecule has 0 bridgehead atoms. The van der Waals surface area contributed by atoms with Crippen molar-refractivity contribution in [3.05, 3.63) is 0 Å². The Morgan fingerprint density at radius 3 is 2.06 bits per heavy atom. The van der Waals surface area contributed by atoms with Crippen LogP contribution in [0.25, 0.3) is 0 Å². The first-order chi connectivity index (χ1) is 25.3. The topological polar surface area (TPSA) is 191 Å². The zero-order valence-electron chi connectivity index (χ0n) is 33.1. The number of carbonyl (C=O) groups is 5. The van der Waals surface area contributed by atoms with E-state index in [1.807, 2.05) is 6.92 Å². The van der Waals surface area contributed by atoms with E-state index in [2.05, 4.69) is 35.1 Å². The van der Waals surface area contributed by atoms with Gasteiger partial charge in [0.25, 0.3) is 5.91 Å². The van der Waals surface area contributed by atoms with Crippen LogP contribution in [-0.4, -0.2) is 101 Å². The van der Waals surface area contributed by atoms with Crippen LogP contribution in [0.2, 0.25) is 0 Å². The highest BCUT2D eigenvalue weighted by atomic mass is 32.2. The van der Waals surface area contributed by atoms with Gasteiger partial charge in [0.1, 0.15) is 12.1 Å². The highest BCUT2D eigenvalue weighted by Crippen LogP contribution is 2.65. The van der Waals surface area contributed by atoms with Gasteiger partial charge in [-0.3, -0.25) is 19.2 Å². The van der Waals surface area contributed by atoms with E-state index < -0.39 is 73.9 Å². The molecule has 54 heavy (non-hydrogen) atoms. The van der Waals surface area contributed by atoms with E-state index >= 15 is 0 Å². The fourth-order valence-corrected chi connectivity index (χ4v) is 11.4. The predicted molar refractivity (Wildman–Crippen MR) is 204 cm³/mol. The summed E-state index contributed by atoms with van der Waals surface area (Å²) in [6.45, 7) is 8.96. The molecule has 5 aliphatic carbocycles. The van der Waals surface area contributed by atoms with Crippen molar-refractivity contribution in [2.75, 3.05) is 18.9 Å². The standard InChI is InChI=1S/C40H65N5O8S/c1-37(2,23-46)54(52,53)24-40(20-10-7-11-21-40)44-36(51)43-32(39(5)18-8-6-9-19-39)35(50)45-22-27-29(38(27,3)4)30(45)33(48)42-28(17-14-25-12-13-25)31(47)34(49)41-26-15-16-26/h25-30,32,46H,6-24H2,1-5H3,(H,41,49)(H,42,48)(H2,43,44,51)/t27-,28-,29-,30-,32+/m0/s1. The number of amides is 5. The number of nitrogens with zero attached hydrogens (tertiary/aromatic N) is 1. The van der Waals surface area contributed by atoms with Crippen molar-refractivity contribution >= 4 is 39.4 Å². The Hall–Kier alpha value is -2.74. The van der Waals surface area contributed by atoms with E-state index in [1.165, 1.54) is 13.8 Å². The molecule has 1 saturated heterocycles. The van der Waals surface area contributed by atoms with Crippen molar-refractivity contribution in [3.63, 3.8) is 0 Å². The van der Waals surface area contributed by atoms with E-state index in [-0.39, 0.29) is 35.0 Å². The number of Topliss-reactive ketones (excluding diaryl/α,β-unsaturated/α-hetero) is 1. The van der Waals surface area contributed by atoms with Gasteiger partial charge in [-0.1, -0.05) is 72.1 Å². The molecule has 6 aliphatic rings. The molecular weight excluding hydrogens is 711 g/mol. The first-order valence-electron chi connectivity index (χ1n) is 20.7. The molecule has 6 rings (SSSR count). The SMILES string of the molecule is CC1([C@H](NC(=O)NC2(CS(=O)(=O)C(C)(C)CO)CCCCC2)C(=O)N2C[C@H]3[C@@H]([C@H]2C(=O)N[C@@H](CCC2CC2)C(=O)C(=O)NC2CC2)C3(C)C)CCCCC1. The summed E-state index contributed by atoms with van der Waals surface area (Å²) in [4.78, 5) is 71.4. The third-order valence-corrected chi connectivity index (χ3v) is 16.9. The van der Waals surface area contributed by atoms with Crippen LogP contribution in [0.1, 0.15) is 137 Å². The van der Waals surface area contributed by atoms with Crippen LogP contribution in [0.15, 0.2) is 0 Å². The molecule has 5 amide bonds. The summed E-state index contributed by atoms with van der Waals surface area (Å²) >= 11 is 0. The third-order valence-electron chi connectivity index (χ3n) is 14.2. The third kappa shape index (κ3) is 8.64. The number of urea groups is 1. The molecule has 0 aromatic carbocycles. The van der Waals surface area contributed by atoms with Crippen LogP contribution < -0.4 is 21.3 Å². The number of carbonyl (C=O) groups excluding carboxylic acids is 5. The molecule has 1 heterocycles. The second kappa shape index (κ2) is 15.3. The first kappa shape index (κ1) is 40.9. The minimum absolute atomic E-state index is 0.00441. The maximum Gasteiger partial charge on any atom is 0.315 e. The number of aliphatic hydroxyl groups excluding tert-OH is 1. The molecule has 1 aliphatic heterocycles. The molecule has 0 aromatic rings. The van der Waals surface area contributed by atoms with Gasteiger partial charge < -0.3 is 31.3 Å². The number of nitrogens with one attached hydrogen (secondary N) is 4. The Labute approximate surface area is 321 Å². The van der Waals surface area contributed by atoms with Crippen molar-refractivity contribution in [2.45, 2.75) is 172 Å². The van der Waals surface area contributed by atoms with E-state index in [4.69, 9.17) is 0 Å². The average molecular weight is 776 g/mol. The summed E-state index contributed by atoms with van der Waals surface area (Å²) in [7, 11) is -3.82. The molecule has 13 nitrogen and oxygen atoms in total. The maximum absolute atomic E-state index is 15.0. The van der Waals surface area contributed by atoms with E-state index in [0.717, 1.165) is 70.6 Å². The number of likely N-dealkylation sites (tertiary alicyclic amines) is 1. The molecule has 304 valence electrons. The molecule has 0 aromatic heterocycles. The van der Waals surface area contributed by atoms with Gasteiger partial charge in [-0.15, -0.1) is 0 Å². The van der Waals surface area contributed by atoms with Gasteiger partial charge in [0, 0.05) is 12.6 Å². The molecule has 0 radical (unpaired) electrons. The summed E-state index contributed by atoms with van der Waals surface area (Å²) in [5, 5.41) is 21.7. The minimum atomic E-state index is -3.82. The lowest BCUT2D eigenvalue weighted by Crippen LogP contribution is -2.65. The van der Waals surface area contributed by atoms with Gasteiger partial charge >= 0.3 is 6.03 Å². The zero-order chi connectivity index (χ0) is 39.3. The average Bonchev–Trinajstić information content (AvgIpc) is 4.08. The van der Waals surface area contributed by atoms with Crippen molar-refractivity contribution in [1.82, 2.24) is 26.2 Å². The van der Waals surface area contributed by atoms with E-state index in [9.17, 15) is 37.5 Å². The Kier molecular flexibility index (Phi) is 11.6. The van der Waals surface area contributed by atoms with Gasteiger partial charge in [-0.05, 0) is 93.8 Å². The molecule has 14 heteroatoms. The summed E-state index contributed by atoms with van der Waals surface area (Å²) in [6, 6.07) is -3.43. The fraction of sp³-hybridized carbons (Fsp3) is 0.875. The first-order valence-corrected chi connectivity index (χ1v) is 22.4. The smallest absolute Gasteiger partial charge is 0.315 e. The predicted octanol–water partition coefficient (Wildman–Crippen LogP) is 3.52. The number of sulfone groups is 1. The highest BCUT2D eigenvalue weighted by molar-refractivity contribution is 7.92. The summed E-state index contributed by atoms with van der Waals surface area (Å²) in [5.41, 5.74) is -1.86. The number of hydrogen-bond acceptors (Lipinski definition) is 8. The molecule has 5 atom stereocenters. The Balaban J connectivity index is 1.23. The van der Waals surface area contributed by atoms with Crippen LogP contribution >= 0.6 is 0 Å². The number of ketones is 1. The summed E-state index contributed by atoms with van der Waals surface area (Å²) in [5.74, 6) is -2.01. The molecule has 6 fully saturated rings. The van der Waals surface area contributed by atoms with Crippen LogP contribution in [-0.2, 0) is 29.0 Å². The fourth-order valence-electron chi connectivity index (χ4n) is 9.74. The Morgan fingerprint density at radius 1 is 0.870 bits per heavy atom. The molecule has 0 spiro atoms. The zero-order valence-corrected chi connectivity index (χ0v) is 34.0. The lowest BCUT2D eigenvalue weighted by atomic mass is 9.70. The van der Waals surface area contributed by atoms with Gasteiger partial charge in [0.15, 0.2) is 9.84 Å². The molecule has 5 N–H and O–H groups in total. The van der Waals surface area contributed by atoms with Gasteiger partial charge in [-0.25, -0.2) is 13.2 Å². The van der Waals surface area contributed by atoms with Crippen LogP contribution in [0.5, 0.6) is 0 Å². The molecule has 0 unspecified atom stereocenters. The Bertz CT molecular complexity index is 1580. The maximum atomic E-state index is 15.0.